The fourth-order valence-electron chi connectivity index (χ4n) is 2.18. The Bertz CT molecular complexity index is 224. The fraction of sp³-hybridized carbons (Fsp3) is 1.00. The minimum Gasteiger partial charge on any atom is -0.389 e. The summed E-state index contributed by atoms with van der Waals surface area (Å²) >= 11 is 0. The van der Waals surface area contributed by atoms with Crippen LogP contribution < -0.4 is 5.32 Å². The molecule has 2 aliphatic rings. The number of morpholine rings is 1. The lowest BCUT2D eigenvalue weighted by atomic mass is 10.1. The molecule has 16 heavy (non-hydrogen) atoms. The molecule has 0 radical (unpaired) electrons. The number of aliphatic hydroxyl groups is 1. The second-order valence-electron chi connectivity index (χ2n) is 5.66. The van der Waals surface area contributed by atoms with Crippen LogP contribution in [0, 0.1) is 0 Å². The van der Waals surface area contributed by atoms with Crippen LogP contribution in [0.4, 0.5) is 0 Å². The smallest absolute Gasteiger partial charge is 0.0826 e. The molecular weight excluding hydrogens is 204 g/mol. The van der Waals surface area contributed by atoms with Gasteiger partial charge in [-0.25, -0.2) is 0 Å². The Hall–Kier alpha value is -0.160. The second kappa shape index (κ2) is 5.00. The highest BCUT2D eigenvalue weighted by molar-refractivity contribution is 4.88. The largest absolute Gasteiger partial charge is 0.389 e. The van der Waals surface area contributed by atoms with Crippen LogP contribution in [0.25, 0.3) is 0 Å². The van der Waals surface area contributed by atoms with E-state index in [9.17, 15) is 5.11 Å². The van der Waals surface area contributed by atoms with Gasteiger partial charge in [0.1, 0.15) is 0 Å². The van der Waals surface area contributed by atoms with Gasteiger partial charge < -0.3 is 15.2 Å². The number of nitrogens with zero attached hydrogens (tertiary/aromatic N) is 1. The highest BCUT2D eigenvalue weighted by atomic mass is 16.5. The van der Waals surface area contributed by atoms with Gasteiger partial charge in [0.05, 0.1) is 18.3 Å². The van der Waals surface area contributed by atoms with Gasteiger partial charge >= 0.3 is 0 Å². The molecule has 2 fully saturated rings. The Morgan fingerprint density at radius 2 is 2.19 bits per heavy atom. The van der Waals surface area contributed by atoms with Crippen molar-refractivity contribution in [3.05, 3.63) is 0 Å². The summed E-state index contributed by atoms with van der Waals surface area (Å²) in [6.07, 6.45) is 3.02. The zero-order valence-electron chi connectivity index (χ0n) is 10.4. The topological polar surface area (TPSA) is 44.7 Å². The van der Waals surface area contributed by atoms with E-state index in [1.807, 2.05) is 13.8 Å². The molecule has 0 aromatic heterocycles. The molecule has 1 saturated heterocycles. The first-order valence-corrected chi connectivity index (χ1v) is 6.33. The number of ether oxygens (including phenoxy) is 1. The fourth-order valence-corrected chi connectivity index (χ4v) is 2.18. The van der Waals surface area contributed by atoms with Crippen molar-refractivity contribution in [2.75, 3.05) is 32.8 Å². The number of nitrogens with one attached hydrogen (secondary N) is 1. The van der Waals surface area contributed by atoms with E-state index in [-0.39, 0.29) is 6.10 Å². The van der Waals surface area contributed by atoms with Gasteiger partial charge in [-0.05, 0) is 26.7 Å². The Kier molecular flexibility index (Phi) is 3.85. The van der Waals surface area contributed by atoms with Crippen molar-refractivity contribution in [3.8, 4) is 0 Å². The van der Waals surface area contributed by atoms with Crippen molar-refractivity contribution >= 4 is 0 Å². The molecule has 2 rings (SSSR count). The van der Waals surface area contributed by atoms with Gasteiger partial charge in [0.25, 0.3) is 0 Å². The lowest BCUT2D eigenvalue weighted by Crippen LogP contribution is -2.49. The summed E-state index contributed by atoms with van der Waals surface area (Å²) in [5, 5.41) is 12.9. The van der Waals surface area contributed by atoms with Gasteiger partial charge in [-0.1, -0.05) is 0 Å². The third-order valence-electron chi connectivity index (χ3n) is 3.16. The molecule has 2 N–H and O–H groups in total. The van der Waals surface area contributed by atoms with Crippen LogP contribution in [0.3, 0.4) is 0 Å². The zero-order chi connectivity index (χ0) is 11.6. The van der Waals surface area contributed by atoms with Gasteiger partial charge in [0, 0.05) is 32.2 Å². The molecule has 0 spiro atoms. The van der Waals surface area contributed by atoms with Gasteiger partial charge in [0.2, 0.25) is 0 Å². The summed E-state index contributed by atoms with van der Waals surface area (Å²) in [5.41, 5.74) is -0.634. The first kappa shape index (κ1) is 12.3. The lowest BCUT2D eigenvalue weighted by molar-refractivity contribution is -0.0323. The summed E-state index contributed by atoms with van der Waals surface area (Å²) in [6, 6.07) is 0.834. The number of hydrogen-bond donors (Lipinski definition) is 2. The maximum Gasteiger partial charge on any atom is 0.0826 e. The third kappa shape index (κ3) is 4.01. The van der Waals surface area contributed by atoms with Crippen LogP contribution in [0.2, 0.25) is 0 Å². The first-order chi connectivity index (χ1) is 7.54. The molecule has 1 atom stereocenters. The Morgan fingerprint density at radius 3 is 2.81 bits per heavy atom. The van der Waals surface area contributed by atoms with E-state index in [4.69, 9.17) is 4.74 Å². The van der Waals surface area contributed by atoms with Crippen LogP contribution in [-0.2, 0) is 4.74 Å². The Labute approximate surface area is 98.0 Å². The van der Waals surface area contributed by atoms with E-state index in [2.05, 4.69) is 10.2 Å². The molecule has 1 heterocycles. The molecule has 0 amide bonds. The predicted octanol–water partition coefficient (Wildman–Crippen LogP) is 0.210. The van der Waals surface area contributed by atoms with Gasteiger partial charge in [-0.3, -0.25) is 4.90 Å². The third-order valence-corrected chi connectivity index (χ3v) is 3.16. The molecule has 0 aromatic carbocycles. The average molecular weight is 228 g/mol. The molecule has 94 valence electrons. The molecule has 1 aliphatic heterocycles. The van der Waals surface area contributed by atoms with Crippen molar-refractivity contribution in [3.63, 3.8) is 0 Å². The van der Waals surface area contributed by atoms with Crippen molar-refractivity contribution in [1.29, 1.82) is 0 Å². The highest BCUT2D eigenvalue weighted by Crippen LogP contribution is 2.28. The molecule has 1 aliphatic carbocycles. The van der Waals surface area contributed by atoms with E-state index >= 15 is 0 Å². The van der Waals surface area contributed by atoms with Crippen LogP contribution in [0.15, 0.2) is 0 Å². The monoisotopic (exact) mass is 228 g/mol. The Morgan fingerprint density at radius 1 is 1.44 bits per heavy atom. The van der Waals surface area contributed by atoms with Crippen LogP contribution in [0.5, 0.6) is 0 Å². The first-order valence-electron chi connectivity index (χ1n) is 6.33. The molecule has 1 saturated carbocycles. The SMILES string of the molecule is CC(C)(O)CNC[C@@H]1CN(C2CC2)CCO1. The number of rotatable bonds is 5. The van der Waals surface area contributed by atoms with Crippen molar-refractivity contribution in [2.24, 2.45) is 0 Å². The molecule has 0 bridgehead atoms. The maximum absolute atomic E-state index is 9.58. The van der Waals surface area contributed by atoms with Crippen molar-refractivity contribution < 1.29 is 9.84 Å². The standard InChI is InChI=1S/C12H24N2O2/c1-12(2,15)9-13-7-11-8-14(5-6-16-11)10-3-4-10/h10-11,13,15H,3-9H2,1-2H3/t11-/m1/s1. The Balaban J connectivity index is 1.65. The molecule has 4 nitrogen and oxygen atoms in total. The summed E-state index contributed by atoms with van der Waals surface area (Å²) in [7, 11) is 0. The van der Waals surface area contributed by atoms with Gasteiger partial charge in [-0.15, -0.1) is 0 Å². The predicted molar refractivity (Wildman–Crippen MR) is 63.5 cm³/mol. The van der Waals surface area contributed by atoms with Crippen molar-refractivity contribution in [2.45, 2.75) is 44.4 Å². The highest BCUT2D eigenvalue weighted by Gasteiger charge is 2.32. The van der Waals surface area contributed by atoms with Crippen LogP contribution in [0.1, 0.15) is 26.7 Å². The summed E-state index contributed by atoms with van der Waals surface area (Å²) in [5.74, 6) is 0. The molecular formula is C12H24N2O2. The maximum atomic E-state index is 9.58. The van der Waals surface area contributed by atoms with E-state index in [0.29, 0.717) is 6.54 Å². The quantitative estimate of drug-likeness (QED) is 0.706. The van der Waals surface area contributed by atoms with E-state index < -0.39 is 5.60 Å². The average Bonchev–Trinajstić information content (AvgIpc) is 2.99. The summed E-state index contributed by atoms with van der Waals surface area (Å²) < 4.78 is 5.72. The van der Waals surface area contributed by atoms with E-state index in [0.717, 1.165) is 32.3 Å². The van der Waals surface area contributed by atoms with E-state index in [1.165, 1.54) is 12.8 Å². The van der Waals surface area contributed by atoms with Crippen LogP contribution in [-0.4, -0.2) is 60.5 Å². The minimum absolute atomic E-state index is 0.289. The van der Waals surface area contributed by atoms with Crippen LogP contribution >= 0.6 is 0 Å². The summed E-state index contributed by atoms with van der Waals surface area (Å²) in [6.45, 7) is 8.08. The summed E-state index contributed by atoms with van der Waals surface area (Å²) in [4.78, 5) is 2.54. The normalized spacial score (nSPS) is 28.3. The second-order valence-corrected chi connectivity index (χ2v) is 5.66. The van der Waals surface area contributed by atoms with E-state index in [1.54, 1.807) is 0 Å². The zero-order valence-corrected chi connectivity index (χ0v) is 10.4. The molecule has 0 unspecified atom stereocenters. The molecule has 0 aromatic rings. The minimum atomic E-state index is -0.634. The molecule has 4 heteroatoms. The van der Waals surface area contributed by atoms with Gasteiger partial charge in [0.15, 0.2) is 0 Å². The van der Waals surface area contributed by atoms with Crippen molar-refractivity contribution in [1.82, 2.24) is 10.2 Å². The number of hydrogen-bond acceptors (Lipinski definition) is 4. The lowest BCUT2D eigenvalue weighted by Gasteiger charge is -2.33. The van der Waals surface area contributed by atoms with Gasteiger partial charge in [-0.2, -0.15) is 0 Å².